The topological polar surface area (TPSA) is 66.4 Å². The maximum absolute atomic E-state index is 12.2. The van der Waals surface area contributed by atoms with Gasteiger partial charge >= 0.3 is 5.97 Å². The standard InChI is InChI=1S/C14H18BrNO3/c1-4-7-14(3,13(18)19)16-12(17)10-6-5-9(2)8-11(10)15/h5-6,8H,4,7H2,1-3H3,(H,16,17)(H,18,19). The molecule has 0 saturated carbocycles. The summed E-state index contributed by atoms with van der Waals surface area (Å²) in [4.78, 5) is 23.5. The molecule has 0 aromatic heterocycles. The molecule has 4 nitrogen and oxygen atoms in total. The van der Waals surface area contributed by atoms with Crippen molar-refractivity contribution in [2.75, 3.05) is 0 Å². The highest BCUT2D eigenvalue weighted by molar-refractivity contribution is 9.10. The number of benzene rings is 1. The number of carbonyl (C=O) groups is 2. The van der Waals surface area contributed by atoms with Crippen molar-refractivity contribution < 1.29 is 14.7 Å². The van der Waals surface area contributed by atoms with Crippen molar-refractivity contribution in [1.29, 1.82) is 0 Å². The number of carbonyl (C=O) groups excluding carboxylic acids is 1. The Bertz CT molecular complexity index is 501. The number of aliphatic carboxylic acids is 1. The third-order valence-electron chi connectivity index (χ3n) is 2.98. The normalized spacial score (nSPS) is 13.7. The molecule has 1 rings (SSSR count). The van der Waals surface area contributed by atoms with E-state index in [2.05, 4.69) is 21.2 Å². The van der Waals surface area contributed by atoms with E-state index in [4.69, 9.17) is 0 Å². The summed E-state index contributed by atoms with van der Waals surface area (Å²) in [6.45, 7) is 5.33. The molecule has 104 valence electrons. The quantitative estimate of drug-likeness (QED) is 0.873. The number of rotatable bonds is 5. The van der Waals surface area contributed by atoms with Crippen LogP contribution in [-0.4, -0.2) is 22.5 Å². The first kappa shape index (κ1) is 15.7. The average molecular weight is 328 g/mol. The van der Waals surface area contributed by atoms with Crippen LogP contribution in [0.5, 0.6) is 0 Å². The maximum atomic E-state index is 12.2. The molecule has 1 unspecified atom stereocenters. The molecule has 0 bridgehead atoms. The van der Waals surface area contributed by atoms with E-state index in [1.54, 1.807) is 6.07 Å². The average Bonchev–Trinajstić information content (AvgIpc) is 2.28. The van der Waals surface area contributed by atoms with Crippen LogP contribution < -0.4 is 5.32 Å². The van der Waals surface area contributed by atoms with Gasteiger partial charge in [0, 0.05) is 4.47 Å². The molecule has 1 atom stereocenters. The molecule has 1 aromatic carbocycles. The van der Waals surface area contributed by atoms with E-state index >= 15 is 0 Å². The number of carboxylic acid groups (broad SMARTS) is 1. The van der Waals surface area contributed by atoms with Gasteiger partial charge < -0.3 is 10.4 Å². The Kier molecular flexibility index (Phi) is 5.11. The van der Waals surface area contributed by atoms with E-state index in [-0.39, 0.29) is 5.91 Å². The molecule has 0 aliphatic rings. The number of nitrogens with one attached hydrogen (secondary N) is 1. The summed E-state index contributed by atoms with van der Waals surface area (Å²) in [7, 11) is 0. The Labute approximate surface area is 121 Å². The van der Waals surface area contributed by atoms with Crippen LogP contribution in [0, 0.1) is 6.92 Å². The molecule has 0 radical (unpaired) electrons. The largest absolute Gasteiger partial charge is 0.480 e. The van der Waals surface area contributed by atoms with Gasteiger partial charge in [-0.15, -0.1) is 0 Å². The van der Waals surface area contributed by atoms with Gasteiger partial charge in [-0.25, -0.2) is 4.79 Å². The zero-order chi connectivity index (χ0) is 14.6. The smallest absolute Gasteiger partial charge is 0.329 e. The Balaban J connectivity index is 2.97. The lowest BCUT2D eigenvalue weighted by Gasteiger charge is -2.26. The van der Waals surface area contributed by atoms with Crippen molar-refractivity contribution in [1.82, 2.24) is 5.32 Å². The predicted octanol–water partition coefficient (Wildman–Crippen LogP) is 3.13. The molecule has 0 fully saturated rings. The molecular formula is C14H18BrNO3. The van der Waals surface area contributed by atoms with Crippen molar-refractivity contribution in [2.24, 2.45) is 0 Å². The van der Waals surface area contributed by atoms with Crippen molar-refractivity contribution >= 4 is 27.8 Å². The van der Waals surface area contributed by atoms with Crippen LogP contribution in [0.2, 0.25) is 0 Å². The van der Waals surface area contributed by atoms with Gasteiger partial charge in [0.1, 0.15) is 5.54 Å². The second-order valence-corrected chi connectivity index (χ2v) is 5.68. The lowest BCUT2D eigenvalue weighted by molar-refractivity contribution is -0.144. The summed E-state index contributed by atoms with van der Waals surface area (Å²) in [5.74, 6) is -1.41. The second kappa shape index (κ2) is 6.19. The summed E-state index contributed by atoms with van der Waals surface area (Å²) in [6.07, 6.45) is 1.07. The summed E-state index contributed by atoms with van der Waals surface area (Å²) in [6, 6.07) is 5.33. The summed E-state index contributed by atoms with van der Waals surface area (Å²) >= 11 is 3.32. The van der Waals surface area contributed by atoms with E-state index < -0.39 is 11.5 Å². The fraction of sp³-hybridized carbons (Fsp3) is 0.429. The van der Waals surface area contributed by atoms with Crippen molar-refractivity contribution in [3.63, 3.8) is 0 Å². The molecule has 19 heavy (non-hydrogen) atoms. The van der Waals surface area contributed by atoms with Crippen LogP contribution in [0.4, 0.5) is 0 Å². The number of carboxylic acids is 1. The summed E-state index contributed by atoms with van der Waals surface area (Å²) in [5, 5.41) is 11.8. The Morgan fingerprint density at radius 3 is 2.53 bits per heavy atom. The van der Waals surface area contributed by atoms with Crippen LogP contribution in [0.15, 0.2) is 22.7 Å². The van der Waals surface area contributed by atoms with Crippen molar-refractivity contribution in [3.05, 3.63) is 33.8 Å². The molecule has 1 amide bonds. The fourth-order valence-electron chi connectivity index (χ4n) is 1.85. The SMILES string of the molecule is CCCC(C)(NC(=O)c1ccc(C)cc1Br)C(=O)O. The number of halogens is 1. The van der Waals surface area contributed by atoms with Crippen LogP contribution in [0.1, 0.15) is 42.6 Å². The number of hydrogen-bond donors (Lipinski definition) is 2. The highest BCUT2D eigenvalue weighted by atomic mass is 79.9. The zero-order valence-corrected chi connectivity index (χ0v) is 12.9. The van der Waals surface area contributed by atoms with Gasteiger partial charge in [-0.1, -0.05) is 19.4 Å². The number of hydrogen-bond acceptors (Lipinski definition) is 2. The Morgan fingerprint density at radius 2 is 2.05 bits per heavy atom. The molecule has 1 aromatic rings. The molecule has 0 saturated heterocycles. The minimum absolute atomic E-state index is 0.384. The van der Waals surface area contributed by atoms with Gasteiger partial charge in [0.25, 0.3) is 5.91 Å². The minimum atomic E-state index is -1.24. The zero-order valence-electron chi connectivity index (χ0n) is 11.3. The molecule has 2 N–H and O–H groups in total. The van der Waals surface area contributed by atoms with Crippen molar-refractivity contribution in [3.8, 4) is 0 Å². The molecule has 5 heteroatoms. The Hall–Kier alpha value is -1.36. The first-order valence-electron chi connectivity index (χ1n) is 6.12. The van der Waals surface area contributed by atoms with Gasteiger partial charge in [-0.3, -0.25) is 4.79 Å². The lowest BCUT2D eigenvalue weighted by atomic mass is 9.95. The van der Waals surface area contributed by atoms with Crippen molar-refractivity contribution in [2.45, 2.75) is 39.2 Å². The lowest BCUT2D eigenvalue weighted by Crippen LogP contribution is -2.52. The van der Waals surface area contributed by atoms with Gasteiger partial charge in [-0.05, 0) is 53.9 Å². The summed E-state index contributed by atoms with van der Waals surface area (Å²) < 4.78 is 0.661. The van der Waals surface area contributed by atoms with E-state index in [0.29, 0.717) is 22.9 Å². The van der Waals surface area contributed by atoms with Crippen LogP contribution in [-0.2, 0) is 4.79 Å². The molecule has 0 spiro atoms. The van der Waals surface area contributed by atoms with E-state index in [1.807, 2.05) is 26.0 Å². The number of amides is 1. The molecular weight excluding hydrogens is 310 g/mol. The van der Waals surface area contributed by atoms with E-state index in [0.717, 1.165) is 5.56 Å². The highest BCUT2D eigenvalue weighted by Crippen LogP contribution is 2.20. The van der Waals surface area contributed by atoms with Crippen LogP contribution in [0.3, 0.4) is 0 Å². The number of aryl methyl sites for hydroxylation is 1. The second-order valence-electron chi connectivity index (χ2n) is 4.82. The minimum Gasteiger partial charge on any atom is -0.480 e. The van der Waals surface area contributed by atoms with Crippen LogP contribution >= 0.6 is 15.9 Å². The molecule has 0 aliphatic carbocycles. The van der Waals surface area contributed by atoms with E-state index in [9.17, 15) is 14.7 Å². The van der Waals surface area contributed by atoms with Gasteiger partial charge in [0.05, 0.1) is 5.56 Å². The monoisotopic (exact) mass is 327 g/mol. The summed E-state index contributed by atoms with van der Waals surface area (Å²) in [5.41, 5.74) is 0.225. The van der Waals surface area contributed by atoms with Gasteiger partial charge in [0.15, 0.2) is 0 Å². The van der Waals surface area contributed by atoms with E-state index in [1.165, 1.54) is 6.92 Å². The first-order chi connectivity index (χ1) is 8.80. The maximum Gasteiger partial charge on any atom is 0.329 e. The van der Waals surface area contributed by atoms with Crippen LogP contribution in [0.25, 0.3) is 0 Å². The predicted molar refractivity (Wildman–Crippen MR) is 77.3 cm³/mol. The molecule has 0 heterocycles. The van der Waals surface area contributed by atoms with Gasteiger partial charge in [-0.2, -0.15) is 0 Å². The Morgan fingerprint density at radius 1 is 1.42 bits per heavy atom. The third-order valence-corrected chi connectivity index (χ3v) is 3.64. The fourth-order valence-corrected chi connectivity index (χ4v) is 2.52. The first-order valence-corrected chi connectivity index (χ1v) is 6.91. The van der Waals surface area contributed by atoms with Gasteiger partial charge in [0.2, 0.25) is 0 Å². The highest BCUT2D eigenvalue weighted by Gasteiger charge is 2.34. The molecule has 0 aliphatic heterocycles. The third kappa shape index (κ3) is 3.80.